The van der Waals surface area contributed by atoms with Gasteiger partial charge in [0.15, 0.2) is 0 Å². The second kappa shape index (κ2) is 9.78. The lowest BCUT2D eigenvalue weighted by molar-refractivity contribution is -0.112. The molecule has 3 rings (SSSR count). The van der Waals surface area contributed by atoms with E-state index in [4.69, 9.17) is 16.3 Å². The molecular formula is C25H21ClN2O2. The van der Waals surface area contributed by atoms with Crippen LogP contribution < -0.4 is 10.1 Å². The number of anilines is 1. The number of nitrogens with zero attached hydrogens (tertiary/aromatic N) is 1. The molecule has 0 saturated carbocycles. The van der Waals surface area contributed by atoms with Crippen LogP contribution >= 0.6 is 11.6 Å². The largest absolute Gasteiger partial charge is 0.489 e. The predicted molar refractivity (Wildman–Crippen MR) is 120 cm³/mol. The molecule has 5 heteroatoms. The van der Waals surface area contributed by atoms with E-state index in [1.807, 2.05) is 80.6 Å². The molecule has 0 spiro atoms. The number of benzene rings is 3. The minimum Gasteiger partial charge on any atom is -0.489 e. The molecule has 0 atom stereocenters. The number of hydrogen-bond acceptors (Lipinski definition) is 3. The molecule has 1 N–H and O–H groups in total. The molecule has 0 bridgehead atoms. The van der Waals surface area contributed by atoms with Crippen molar-refractivity contribution >= 4 is 29.3 Å². The van der Waals surface area contributed by atoms with E-state index in [0.717, 1.165) is 16.7 Å². The van der Waals surface area contributed by atoms with Gasteiger partial charge in [0.1, 0.15) is 24.0 Å². The van der Waals surface area contributed by atoms with Gasteiger partial charge >= 0.3 is 0 Å². The summed E-state index contributed by atoms with van der Waals surface area (Å²) in [6.07, 6.45) is 1.54. The molecule has 0 aromatic heterocycles. The fourth-order valence-corrected chi connectivity index (χ4v) is 3.04. The highest BCUT2D eigenvalue weighted by Gasteiger charge is 2.11. The Bertz CT molecular complexity index is 1150. The van der Waals surface area contributed by atoms with Crippen molar-refractivity contribution < 1.29 is 9.53 Å². The minimum atomic E-state index is -0.450. The van der Waals surface area contributed by atoms with E-state index in [1.165, 1.54) is 0 Å². The Morgan fingerprint density at radius 1 is 1.10 bits per heavy atom. The average Bonchev–Trinajstić information content (AvgIpc) is 2.74. The maximum Gasteiger partial charge on any atom is 0.266 e. The lowest BCUT2D eigenvalue weighted by Gasteiger charge is -2.10. The van der Waals surface area contributed by atoms with E-state index in [0.29, 0.717) is 28.6 Å². The van der Waals surface area contributed by atoms with Crippen LogP contribution in [0.4, 0.5) is 5.69 Å². The Morgan fingerprint density at radius 2 is 1.90 bits per heavy atom. The number of halogens is 1. The highest BCUT2D eigenvalue weighted by Crippen LogP contribution is 2.21. The van der Waals surface area contributed by atoms with Crippen molar-refractivity contribution in [3.8, 4) is 11.8 Å². The summed E-state index contributed by atoms with van der Waals surface area (Å²) in [7, 11) is 0. The van der Waals surface area contributed by atoms with E-state index in [1.54, 1.807) is 12.1 Å². The molecule has 0 unspecified atom stereocenters. The molecule has 4 nitrogen and oxygen atoms in total. The SMILES string of the molecule is Cc1ccc(C)c(NC(=O)C(C#N)=Cc2cccc(OCc3ccccc3Cl)c2)c1. The molecule has 150 valence electrons. The van der Waals surface area contributed by atoms with Gasteiger partial charge in [-0.3, -0.25) is 4.79 Å². The number of hydrogen-bond donors (Lipinski definition) is 1. The first-order chi connectivity index (χ1) is 14.5. The average molecular weight is 417 g/mol. The van der Waals surface area contributed by atoms with Gasteiger partial charge in [0.2, 0.25) is 0 Å². The van der Waals surface area contributed by atoms with Crippen LogP contribution in [0, 0.1) is 25.2 Å². The molecular weight excluding hydrogens is 396 g/mol. The zero-order chi connectivity index (χ0) is 21.5. The fourth-order valence-electron chi connectivity index (χ4n) is 2.85. The molecule has 0 saturated heterocycles. The maximum absolute atomic E-state index is 12.6. The summed E-state index contributed by atoms with van der Waals surface area (Å²) in [5, 5.41) is 12.9. The monoisotopic (exact) mass is 416 g/mol. The van der Waals surface area contributed by atoms with Crippen LogP contribution in [0.2, 0.25) is 5.02 Å². The number of carbonyl (C=O) groups excluding carboxylic acids is 1. The van der Waals surface area contributed by atoms with Crippen LogP contribution in [0.1, 0.15) is 22.3 Å². The number of nitrogens with one attached hydrogen (secondary N) is 1. The number of carbonyl (C=O) groups is 1. The number of nitriles is 1. The van der Waals surface area contributed by atoms with E-state index in [2.05, 4.69) is 5.32 Å². The van der Waals surface area contributed by atoms with E-state index >= 15 is 0 Å². The number of amides is 1. The van der Waals surface area contributed by atoms with Gasteiger partial charge in [-0.15, -0.1) is 0 Å². The molecule has 0 heterocycles. The first-order valence-corrected chi connectivity index (χ1v) is 9.81. The predicted octanol–water partition coefficient (Wildman–Crippen LogP) is 6.08. The molecule has 1 amide bonds. The van der Waals surface area contributed by atoms with E-state index < -0.39 is 5.91 Å². The van der Waals surface area contributed by atoms with Crippen LogP contribution in [0.25, 0.3) is 6.08 Å². The summed E-state index contributed by atoms with van der Waals surface area (Å²) >= 11 is 6.16. The van der Waals surface area contributed by atoms with E-state index in [9.17, 15) is 10.1 Å². The van der Waals surface area contributed by atoms with Crippen molar-refractivity contribution in [1.82, 2.24) is 0 Å². The molecule has 0 fully saturated rings. The van der Waals surface area contributed by atoms with Crippen LogP contribution in [0.15, 0.2) is 72.3 Å². The number of aryl methyl sites for hydroxylation is 2. The van der Waals surface area contributed by atoms with Gasteiger partial charge in [0.25, 0.3) is 5.91 Å². The van der Waals surface area contributed by atoms with Gasteiger partial charge in [0.05, 0.1) is 0 Å². The Labute approximate surface area is 181 Å². The van der Waals surface area contributed by atoms with Crippen molar-refractivity contribution in [3.63, 3.8) is 0 Å². The Hall–Kier alpha value is -3.55. The quantitative estimate of drug-likeness (QED) is 0.391. The van der Waals surface area contributed by atoms with Gasteiger partial charge in [-0.1, -0.05) is 54.1 Å². The maximum atomic E-state index is 12.6. The van der Waals surface area contributed by atoms with Crippen LogP contribution in [0.5, 0.6) is 5.75 Å². The zero-order valence-corrected chi connectivity index (χ0v) is 17.5. The lowest BCUT2D eigenvalue weighted by Crippen LogP contribution is -2.14. The van der Waals surface area contributed by atoms with Gasteiger partial charge in [-0.2, -0.15) is 5.26 Å². The van der Waals surface area contributed by atoms with Crippen LogP contribution in [-0.2, 0) is 11.4 Å². The molecule has 0 aliphatic rings. The van der Waals surface area contributed by atoms with E-state index in [-0.39, 0.29) is 5.57 Å². The molecule has 0 aliphatic carbocycles. The van der Waals surface area contributed by atoms with Gasteiger partial charge in [0, 0.05) is 16.3 Å². The third-order valence-corrected chi connectivity index (χ3v) is 4.90. The topological polar surface area (TPSA) is 62.1 Å². The van der Waals surface area contributed by atoms with Crippen molar-refractivity contribution in [3.05, 3.63) is 99.6 Å². The van der Waals surface area contributed by atoms with Crippen molar-refractivity contribution in [2.24, 2.45) is 0 Å². The third kappa shape index (κ3) is 5.50. The standard InChI is InChI=1S/C25H21ClN2O2/c1-17-10-11-18(2)24(12-17)28-25(29)21(15-27)13-19-6-5-8-22(14-19)30-16-20-7-3-4-9-23(20)26/h3-14H,16H2,1-2H3,(H,28,29). The Balaban J connectivity index is 1.75. The molecule has 0 aliphatic heterocycles. The molecule has 0 radical (unpaired) electrons. The normalized spacial score (nSPS) is 10.9. The zero-order valence-electron chi connectivity index (χ0n) is 16.8. The highest BCUT2D eigenvalue weighted by atomic mass is 35.5. The van der Waals surface area contributed by atoms with Gasteiger partial charge in [-0.05, 0) is 60.9 Å². The summed E-state index contributed by atoms with van der Waals surface area (Å²) in [5.74, 6) is 0.171. The van der Waals surface area contributed by atoms with Gasteiger partial charge < -0.3 is 10.1 Å². The Kier molecular flexibility index (Phi) is 6.90. The van der Waals surface area contributed by atoms with Crippen molar-refractivity contribution in [2.45, 2.75) is 20.5 Å². The Morgan fingerprint density at radius 3 is 2.67 bits per heavy atom. The summed E-state index contributed by atoms with van der Waals surface area (Å²) in [4.78, 5) is 12.6. The lowest BCUT2D eigenvalue weighted by atomic mass is 10.1. The van der Waals surface area contributed by atoms with Crippen molar-refractivity contribution in [1.29, 1.82) is 5.26 Å². The second-order valence-corrected chi connectivity index (χ2v) is 7.30. The van der Waals surface area contributed by atoms with Gasteiger partial charge in [-0.25, -0.2) is 0 Å². The van der Waals surface area contributed by atoms with Crippen LogP contribution in [0.3, 0.4) is 0 Å². The second-order valence-electron chi connectivity index (χ2n) is 6.89. The minimum absolute atomic E-state index is 0.0131. The molecule has 30 heavy (non-hydrogen) atoms. The van der Waals surface area contributed by atoms with Crippen LogP contribution in [-0.4, -0.2) is 5.91 Å². The third-order valence-electron chi connectivity index (χ3n) is 4.53. The first-order valence-electron chi connectivity index (χ1n) is 9.43. The first kappa shape index (κ1) is 21.2. The molecule has 3 aromatic carbocycles. The summed E-state index contributed by atoms with van der Waals surface area (Å²) in [5.41, 5.74) is 4.24. The summed E-state index contributed by atoms with van der Waals surface area (Å²) in [6, 6.07) is 22.5. The fraction of sp³-hybridized carbons (Fsp3) is 0.120. The summed E-state index contributed by atoms with van der Waals surface area (Å²) < 4.78 is 5.82. The smallest absolute Gasteiger partial charge is 0.266 e. The number of rotatable bonds is 6. The molecule has 3 aromatic rings. The highest BCUT2D eigenvalue weighted by molar-refractivity contribution is 6.31. The van der Waals surface area contributed by atoms with Crippen molar-refractivity contribution in [2.75, 3.05) is 5.32 Å². The summed E-state index contributed by atoms with van der Waals surface area (Å²) in [6.45, 7) is 4.18. The number of ether oxygens (including phenoxy) is 1.